The van der Waals surface area contributed by atoms with Crippen molar-refractivity contribution in [3.05, 3.63) is 28.8 Å². The molecule has 2 atom stereocenters. The number of ether oxygens (including phenoxy) is 1. The number of imide groups is 1. The number of esters is 1. The third-order valence-corrected chi connectivity index (χ3v) is 5.21. The SMILES string of the molecule is COC(=O)C1CCCN2C(=O)N(c3cc(C(=O)N(C)C)ccc3Cl)C(=O)C12. The van der Waals surface area contributed by atoms with Gasteiger partial charge >= 0.3 is 12.0 Å². The number of nitrogens with zero attached hydrogens (tertiary/aromatic N) is 3. The molecule has 0 bridgehead atoms. The van der Waals surface area contributed by atoms with Gasteiger partial charge in [-0.15, -0.1) is 0 Å². The molecule has 2 unspecified atom stereocenters. The molecular formula is C18H20ClN3O5. The first-order chi connectivity index (χ1) is 12.8. The van der Waals surface area contributed by atoms with E-state index in [2.05, 4.69) is 0 Å². The van der Waals surface area contributed by atoms with Crippen molar-refractivity contribution in [3.8, 4) is 0 Å². The standard InChI is InChI=1S/C18H20ClN3O5/c1-20(2)15(23)10-6-7-12(19)13(9-10)22-16(24)14-11(17(25)27-3)5-4-8-21(14)18(22)26/h6-7,9,11,14H,4-5,8H2,1-3H3. The van der Waals surface area contributed by atoms with Gasteiger partial charge in [0.15, 0.2) is 0 Å². The molecule has 1 aromatic carbocycles. The minimum Gasteiger partial charge on any atom is -0.469 e. The van der Waals surface area contributed by atoms with Crippen molar-refractivity contribution in [1.82, 2.24) is 9.80 Å². The molecule has 9 heteroatoms. The van der Waals surface area contributed by atoms with Crippen molar-refractivity contribution in [2.75, 3.05) is 32.6 Å². The summed E-state index contributed by atoms with van der Waals surface area (Å²) >= 11 is 6.23. The number of fused-ring (bicyclic) bond motifs is 1. The molecule has 0 radical (unpaired) electrons. The monoisotopic (exact) mass is 393 g/mol. The van der Waals surface area contributed by atoms with Crippen LogP contribution in [0.2, 0.25) is 5.02 Å². The molecule has 0 spiro atoms. The van der Waals surface area contributed by atoms with E-state index in [0.29, 0.717) is 24.9 Å². The van der Waals surface area contributed by atoms with E-state index in [9.17, 15) is 19.2 Å². The van der Waals surface area contributed by atoms with Crippen molar-refractivity contribution in [2.24, 2.45) is 5.92 Å². The van der Waals surface area contributed by atoms with Crippen LogP contribution in [0, 0.1) is 5.92 Å². The summed E-state index contributed by atoms with van der Waals surface area (Å²) in [5, 5.41) is 0.168. The zero-order chi connectivity index (χ0) is 19.9. The second-order valence-electron chi connectivity index (χ2n) is 6.73. The molecule has 2 saturated heterocycles. The number of carbonyl (C=O) groups excluding carboxylic acids is 4. The average Bonchev–Trinajstić information content (AvgIpc) is 2.91. The molecule has 1 aromatic rings. The van der Waals surface area contributed by atoms with Gasteiger partial charge in [-0.2, -0.15) is 0 Å². The number of hydrogen-bond donors (Lipinski definition) is 0. The molecule has 0 aliphatic carbocycles. The molecular weight excluding hydrogens is 374 g/mol. The van der Waals surface area contributed by atoms with Gasteiger partial charge in [0.25, 0.3) is 11.8 Å². The third-order valence-electron chi connectivity index (χ3n) is 4.89. The summed E-state index contributed by atoms with van der Waals surface area (Å²) in [5.41, 5.74) is 0.437. The number of urea groups is 1. The summed E-state index contributed by atoms with van der Waals surface area (Å²) in [6.45, 7) is 0.368. The van der Waals surface area contributed by atoms with E-state index >= 15 is 0 Å². The Morgan fingerprint density at radius 1 is 1.26 bits per heavy atom. The largest absolute Gasteiger partial charge is 0.469 e. The molecule has 0 N–H and O–H groups in total. The Bertz CT molecular complexity index is 825. The van der Waals surface area contributed by atoms with Crippen molar-refractivity contribution >= 4 is 41.1 Å². The molecule has 2 aliphatic rings. The lowest BCUT2D eigenvalue weighted by Gasteiger charge is -2.31. The fraction of sp³-hybridized carbons (Fsp3) is 0.444. The third kappa shape index (κ3) is 3.14. The van der Waals surface area contributed by atoms with Gasteiger partial charge in [-0.3, -0.25) is 14.4 Å². The van der Waals surface area contributed by atoms with Gasteiger partial charge in [0.1, 0.15) is 6.04 Å². The van der Waals surface area contributed by atoms with Gasteiger partial charge in [0, 0.05) is 26.2 Å². The number of halogens is 1. The van der Waals surface area contributed by atoms with E-state index in [1.54, 1.807) is 14.1 Å². The molecule has 0 saturated carbocycles. The zero-order valence-electron chi connectivity index (χ0n) is 15.3. The van der Waals surface area contributed by atoms with Crippen LogP contribution in [0.15, 0.2) is 18.2 Å². The maximum absolute atomic E-state index is 13.1. The lowest BCUT2D eigenvalue weighted by atomic mass is 9.89. The molecule has 8 nitrogen and oxygen atoms in total. The summed E-state index contributed by atoms with van der Waals surface area (Å²) in [5.74, 6) is -2.05. The Kier molecular flexibility index (Phi) is 5.10. The van der Waals surface area contributed by atoms with E-state index < -0.39 is 29.9 Å². The molecule has 0 aromatic heterocycles. The van der Waals surface area contributed by atoms with Crippen molar-refractivity contribution in [2.45, 2.75) is 18.9 Å². The topological polar surface area (TPSA) is 87.2 Å². The van der Waals surface area contributed by atoms with Gasteiger partial charge in [0.2, 0.25) is 0 Å². The first-order valence-corrected chi connectivity index (χ1v) is 8.89. The molecule has 3 rings (SSSR count). The smallest absolute Gasteiger partial charge is 0.332 e. The minimum absolute atomic E-state index is 0.136. The van der Waals surface area contributed by atoms with Gasteiger partial charge in [-0.25, -0.2) is 9.69 Å². The molecule has 2 heterocycles. The second kappa shape index (κ2) is 7.19. The Labute approximate surface area is 161 Å². The highest BCUT2D eigenvalue weighted by molar-refractivity contribution is 6.36. The van der Waals surface area contributed by atoms with E-state index in [0.717, 1.165) is 4.90 Å². The van der Waals surface area contributed by atoms with E-state index in [4.69, 9.17) is 16.3 Å². The van der Waals surface area contributed by atoms with Crippen LogP contribution in [0.4, 0.5) is 10.5 Å². The maximum atomic E-state index is 13.1. The molecule has 4 amide bonds. The number of methoxy groups -OCH3 is 1. The van der Waals surface area contributed by atoms with Gasteiger partial charge in [-0.1, -0.05) is 11.6 Å². The van der Waals surface area contributed by atoms with Crippen LogP contribution >= 0.6 is 11.6 Å². The van der Waals surface area contributed by atoms with E-state index in [-0.39, 0.29) is 16.6 Å². The molecule has 2 fully saturated rings. The predicted octanol–water partition coefficient (Wildman–Crippen LogP) is 1.76. The normalized spacial score (nSPS) is 21.9. The summed E-state index contributed by atoms with van der Waals surface area (Å²) in [7, 11) is 4.46. The van der Waals surface area contributed by atoms with Crippen LogP contribution in [0.3, 0.4) is 0 Å². The number of benzene rings is 1. The lowest BCUT2D eigenvalue weighted by Crippen LogP contribution is -2.48. The first-order valence-electron chi connectivity index (χ1n) is 8.51. The van der Waals surface area contributed by atoms with Crippen molar-refractivity contribution in [1.29, 1.82) is 0 Å². The Morgan fingerprint density at radius 3 is 2.59 bits per heavy atom. The van der Waals surface area contributed by atoms with Crippen molar-refractivity contribution in [3.63, 3.8) is 0 Å². The van der Waals surface area contributed by atoms with Crippen LogP contribution in [0.25, 0.3) is 0 Å². The fourth-order valence-electron chi connectivity index (χ4n) is 3.57. The maximum Gasteiger partial charge on any atom is 0.332 e. The second-order valence-corrected chi connectivity index (χ2v) is 7.14. The Balaban J connectivity index is 2.02. The van der Waals surface area contributed by atoms with E-state index in [1.807, 2.05) is 0 Å². The fourth-order valence-corrected chi connectivity index (χ4v) is 3.77. The van der Waals surface area contributed by atoms with Crippen LogP contribution in [0.5, 0.6) is 0 Å². The Hall–Kier alpha value is -2.61. The predicted molar refractivity (Wildman–Crippen MR) is 97.6 cm³/mol. The van der Waals surface area contributed by atoms with Gasteiger partial charge < -0.3 is 14.5 Å². The number of anilines is 1. The molecule has 27 heavy (non-hydrogen) atoms. The zero-order valence-corrected chi connectivity index (χ0v) is 16.0. The Morgan fingerprint density at radius 2 is 1.96 bits per heavy atom. The van der Waals surface area contributed by atoms with Gasteiger partial charge in [0.05, 0.1) is 23.7 Å². The quantitative estimate of drug-likeness (QED) is 0.577. The summed E-state index contributed by atoms with van der Waals surface area (Å²) in [6, 6.07) is 2.97. The highest BCUT2D eigenvalue weighted by atomic mass is 35.5. The number of amides is 4. The first kappa shape index (κ1) is 19.2. The van der Waals surface area contributed by atoms with Crippen LogP contribution < -0.4 is 4.90 Å². The van der Waals surface area contributed by atoms with Crippen molar-refractivity contribution < 1.29 is 23.9 Å². The molecule has 144 valence electrons. The summed E-state index contributed by atoms with van der Waals surface area (Å²) < 4.78 is 4.80. The highest BCUT2D eigenvalue weighted by Crippen LogP contribution is 2.37. The lowest BCUT2D eigenvalue weighted by molar-refractivity contribution is -0.150. The van der Waals surface area contributed by atoms with Gasteiger partial charge in [-0.05, 0) is 31.0 Å². The van der Waals surface area contributed by atoms with E-state index in [1.165, 1.54) is 35.1 Å². The number of carbonyl (C=O) groups is 4. The van der Waals surface area contributed by atoms with Crippen LogP contribution in [0.1, 0.15) is 23.2 Å². The summed E-state index contributed by atoms with van der Waals surface area (Å²) in [4.78, 5) is 54.0. The number of piperidine rings is 1. The van der Waals surface area contributed by atoms with Crippen LogP contribution in [-0.2, 0) is 14.3 Å². The number of rotatable bonds is 3. The highest BCUT2D eigenvalue weighted by Gasteiger charge is 2.53. The average molecular weight is 394 g/mol. The minimum atomic E-state index is -0.914. The number of hydrogen-bond acceptors (Lipinski definition) is 5. The molecule has 2 aliphatic heterocycles. The summed E-state index contributed by atoms with van der Waals surface area (Å²) in [6.07, 6.45) is 1.06. The van der Waals surface area contributed by atoms with Crippen LogP contribution in [-0.4, -0.2) is 67.4 Å².